The number of carboxylic acids is 1. The Labute approximate surface area is 123 Å². The van der Waals surface area contributed by atoms with Crippen LogP contribution in [0.4, 0.5) is 0 Å². The van der Waals surface area contributed by atoms with Crippen LogP contribution in [0.2, 0.25) is 0 Å². The molecule has 1 saturated heterocycles. The van der Waals surface area contributed by atoms with Gasteiger partial charge in [0.25, 0.3) is 0 Å². The highest BCUT2D eigenvalue weighted by Gasteiger charge is 2.37. The molecule has 21 heavy (non-hydrogen) atoms. The average Bonchev–Trinajstić information content (AvgIpc) is 2.94. The maximum absolute atomic E-state index is 12.7. The highest BCUT2D eigenvalue weighted by molar-refractivity contribution is 7.89. The molecule has 2 aliphatic heterocycles. The zero-order valence-electron chi connectivity index (χ0n) is 11.5. The monoisotopic (exact) mass is 311 g/mol. The summed E-state index contributed by atoms with van der Waals surface area (Å²) < 4.78 is 31.9. The summed E-state index contributed by atoms with van der Waals surface area (Å²) >= 11 is 0. The first kappa shape index (κ1) is 14.3. The average molecular weight is 311 g/mol. The largest absolute Gasteiger partial charge is 0.493 e. The zero-order chi connectivity index (χ0) is 15.0. The highest BCUT2D eigenvalue weighted by Crippen LogP contribution is 2.31. The number of nitrogens with zero attached hydrogens (tertiary/aromatic N) is 1. The summed E-state index contributed by atoms with van der Waals surface area (Å²) in [4.78, 5) is 11.5. The number of sulfonamides is 1. The van der Waals surface area contributed by atoms with Crippen molar-refractivity contribution in [3.8, 4) is 5.75 Å². The summed E-state index contributed by atoms with van der Waals surface area (Å²) in [5, 5.41) is 9.25. The molecule has 0 amide bonds. The van der Waals surface area contributed by atoms with Gasteiger partial charge in [0.1, 0.15) is 11.8 Å². The maximum Gasteiger partial charge on any atom is 0.322 e. The number of carbonyl (C=O) groups is 1. The molecule has 0 spiro atoms. The third-order valence-corrected chi connectivity index (χ3v) is 5.91. The van der Waals surface area contributed by atoms with Crippen molar-refractivity contribution in [2.75, 3.05) is 13.2 Å². The van der Waals surface area contributed by atoms with E-state index in [0.29, 0.717) is 31.6 Å². The third kappa shape index (κ3) is 2.51. The summed E-state index contributed by atoms with van der Waals surface area (Å²) in [7, 11) is -3.78. The second-order valence-corrected chi connectivity index (χ2v) is 7.22. The molecule has 6 nitrogen and oxygen atoms in total. The number of fused-ring (bicyclic) bond motifs is 1. The summed E-state index contributed by atoms with van der Waals surface area (Å²) in [6, 6.07) is 3.78. The van der Waals surface area contributed by atoms with Crippen LogP contribution < -0.4 is 4.74 Å². The van der Waals surface area contributed by atoms with Gasteiger partial charge in [-0.3, -0.25) is 4.79 Å². The van der Waals surface area contributed by atoms with E-state index in [0.717, 1.165) is 16.3 Å². The lowest BCUT2D eigenvalue weighted by Gasteiger charge is -2.31. The topological polar surface area (TPSA) is 83.9 Å². The number of hydrogen-bond donors (Lipinski definition) is 1. The summed E-state index contributed by atoms with van der Waals surface area (Å²) in [5.74, 6) is -0.370. The van der Waals surface area contributed by atoms with Crippen LogP contribution in [0.25, 0.3) is 0 Å². The molecule has 3 rings (SSSR count). The summed E-state index contributed by atoms with van der Waals surface area (Å²) in [6.07, 6.45) is 2.47. The predicted octanol–water partition coefficient (Wildman–Crippen LogP) is 1.25. The van der Waals surface area contributed by atoms with Gasteiger partial charge < -0.3 is 9.84 Å². The van der Waals surface area contributed by atoms with Gasteiger partial charge >= 0.3 is 5.97 Å². The summed E-state index contributed by atoms with van der Waals surface area (Å²) in [6.45, 7) is 0.813. The van der Waals surface area contributed by atoms with E-state index < -0.39 is 22.0 Å². The molecular formula is C14H17NO5S. The molecule has 114 valence electrons. The van der Waals surface area contributed by atoms with E-state index in [-0.39, 0.29) is 11.4 Å². The SMILES string of the molecule is O=C(O)[C@H]1CCCCN1S(=O)(=O)c1ccc2c(c1)CCO2. The Kier molecular flexibility index (Phi) is 3.62. The Bertz CT molecular complexity index is 670. The highest BCUT2D eigenvalue weighted by atomic mass is 32.2. The van der Waals surface area contributed by atoms with E-state index in [1.165, 1.54) is 6.07 Å². The summed E-state index contributed by atoms with van der Waals surface area (Å²) in [5.41, 5.74) is 0.861. The Hall–Kier alpha value is -1.60. The lowest BCUT2D eigenvalue weighted by Crippen LogP contribution is -2.47. The quantitative estimate of drug-likeness (QED) is 0.908. The Morgan fingerprint density at radius 2 is 2.14 bits per heavy atom. The fraction of sp³-hybridized carbons (Fsp3) is 0.500. The van der Waals surface area contributed by atoms with Gasteiger partial charge in [-0.15, -0.1) is 0 Å². The first-order valence-electron chi connectivity index (χ1n) is 7.00. The van der Waals surface area contributed by atoms with Gasteiger partial charge in [0, 0.05) is 13.0 Å². The van der Waals surface area contributed by atoms with Crippen molar-refractivity contribution >= 4 is 16.0 Å². The van der Waals surface area contributed by atoms with Gasteiger partial charge in [-0.05, 0) is 43.0 Å². The molecule has 0 aliphatic carbocycles. The standard InChI is InChI=1S/C14H17NO5S/c16-14(17)12-3-1-2-7-15(12)21(18,19)11-4-5-13-10(9-11)6-8-20-13/h4-5,9,12H,1-3,6-8H2,(H,16,17)/t12-/m1/s1. The fourth-order valence-corrected chi connectivity index (χ4v) is 4.60. The normalized spacial score (nSPS) is 22.6. The second kappa shape index (κ2) is 5.31. The lowest BCUT2D eigenvalue weighted by molar-refractivity contribution is -0.142. The van der Waals surface area contributed by atoms with Crippen LogP contribution in [0.1, 0.15) is 24.8 Å². The van der Waals surface area contributed by atoms with Crippen molar-refractivity contribution in [1.82, 2.24) is 4.31 Å². The van der Waals surface area contributed by atoms with Crippen LogP contribution in [0.3, 0.4) is 0 Å². The van der Waals surface area contributed by atoms with Crippen molar-refractivity contribution in [3.63, 3.8) is 0 Å². The van der Waals surface area contributed by atoms with Crippen LogP contribution in [-0.4, -0.2) is 43.0 Å². The molecule has 1 fully saturated rings. The molecule has 7 heteroatoms. The Morgan fingerprint density at radius 1 is 1.33 bits per heavy atom. The minimum Gasteiger partial charge on any atom is -0.493 e. The van der Waals surface area contributed by atoms with E-state index in [1.54, 1.807) is 12.1 Å². The van der Waals surface area contributed by atoms with Crippen LogP contribution in [0.5, 0.6) is 5.75 Å². The molecular weight excluding hydrogens is 294 g/mol. The van der Waals surface area contributed by atoms with E-state index in [9.17, 15) is 18.3 Å². The van der Waals surface area contributed by atoms with Crippen LogP contribution in [-0.2, 0) is 21.2 Å². The molecule has 0 aromatic heterocycles. The minimum atomic E-state index is -3.78. The number of piperidine rings is 1. The molecule has 1 atom stereocenters. The predicted molar refractivity (Wildman–Crippen MR) is 74.8 cm³/mol. The molecule has 0 saturated carbocycles. The maximum atomic E-state index is 12.7. The Balaban J connectivity index is 1.97. The number of carboxylic acid groups (broad SMARTS) is 1. The first-order chi connectivity index (χ1) is 10.00. The number of rotatable bonds is 3. The number of benzene rings is 1. The van der Waals surface area contributed by atoms with Crippen molar-refractivity contribution in [2.45, 2.75) is 36.6 Å². The third-order valence-electron chi connectivity index (χ3n) is 4.01. The molecule has 1 N–H and O–H groups in total. The first-order valence-corrected chi connectivity index (χ1v) is 8.44. The van der Waals surface area contributed by atoms with Crippen LogP contribution in [0, 0.1) is 0 Å². The minimum absolute atomic E-state index is 0.153. The molecule has 2 aliphatic rings. The van der Waals surface area contributed by atoms with Gasteiger partial charge in [0.15, 0.2) is 0 Å². The van der Waals surface area contributed by atoms with E-state index in [1.807, 2.05) is 0 Å². The van der Waals surface area contributed by atoms with Crippen molar-refractivity contribution in [1.29, 1.82) is 0 Å². The zero-order valence-corrected chi connectivity index (χ0v) is 12.3. The molecule has 1 aromatic rings. The van der Waals surface area contributed by atoms with Crippen LogP contribution in [0.15, 0.2) is 23.1 Å². The van der Waals surface area contributed by atoms with Gasteiger partial charge in [0.05, 0.1) is 11.5 Å². The van der Waals surface area contributed by atoms with Gasteiger partial charge in [-0.1, -0.05) is 0 Å². The van der Waals surface area contributed by atoms with Crippen molar-refractivity contribution in [2.24, 2.45) is 0 Å². The van der Waals surface area contributed by atoms with Gasteiger partial charge in [-0.25, -0.2) is 8.42 Å². The molecule has 2 heterocycles. The lowest BCUT2D eigenvalue weighted by atomic mass is 10.1. The van der Waals surface area contributed by atoms with Crippen molar-refractivity contribution in [3.05, 3.63) is 23.8 Å². The molecule has 0 radical (unpaired) electrons. The molecule has 1 aromatic carbocycles. The van der Waals surface area contributed by atoms with Crippen LogP contribution >= 0.6 is 0 Å². The molecule has 0 bridgehead atoms. The van der Waals surface area contributed by atoms with Gasteiger partial charge in [-0.2, -0.15) is 4.31 Å². The van der Waals surface area contributed by atoms with E-state index in [4.69, 9.17) is 4.74 Å². The smallest absolute Gasteiger partial charge is 0.322 e. The number of aliphatic carboxylic acids is 1. The number of ether oxygens (including phenoxy) is 1. The second-order valence-electron chi connectivity index (χ2n) is 5.33. The fourth-order valence-electron chi connectivity index (χ4n) is 2.90. The Morgan fingerprint density at radius 3 is 2.90 bits per heavy atom. The van der Waals surface area contributed by atoms with E-state index >= 15 is 0 Å². The van der Waals surface area contributed by atoms with Crippen molar-refractivity contribution < 1.29 is 23.1 Å². The molecule has 0 unspecified atom stereocenters. The van der Waals surface area contributed by atoms with Gasteiger partial charge in [0.2, 0.25) is 10.0 Å². The number of hydrogen-bond acceptors (Lipinski definition) is 4. The van der Waals surface area contributed by atoms with E-state index in [2.05, 4.69) is 0 Å².